The highest BCUT2D eigenvalue weighted by Crippen LogP contribution is 2.20. The molecule has 0 rings (SSSR count). The molecule has 0 saturated heterocycles. The van der Waals surface area contributed by atoms with Gasteiger partial charge in [0, 0.05) is 12.8 Å². The molecule has 0 fully saturated rings. The number of hydrogen-bond acceptors (Lipinski definition) is 5. The smallest absolute Gasteiger partial charge is 0.305 e. The zero-order chi connectivity index (χ0) is 68.4. The van der Waals surface area contributed by atoms with Crippen LogP contribution in [0.5, 0.6) is 0 Å². The Morgan fingerprint density at radius 2 is 0.526 bits per heavy atom. The van der Waals surface area contributed by atoms with Crippen molar-refractivity contribution in [2.45, 2.75) is 495 Å². The van der Waals surface area contributed by atoms with Crippen molar-refractivity contribution in [1.82, 2.24) is 5.32 Å². The minimum atomic E-state index is -0.844. The first kappa shape index (κ1) is 92.8. The van der Waals surface area contributed by atoms with Gasteiger partial charge in [-0.25, -0.2) is 0 Å². The van der Waals surface area contributed by atoms with E-state index in [0.29, 0.717) is 19.4 Å². The normalized spacial score (nSPS) is 12.7. The molecular weight excluding hydrogens is 1160 g/mol. The summed E-state index contributed by atoms with van der Waals surface area (Å²) >= 11 is 0. The number of amides is 1. The minimum Gasteiger partial charge on any atom is -0.466 e. The van der Waals surface area contributed by atoms with Gasteiger partial charge in [-0.05, 0) is 89.9 Å². The Hall–Kier alpha value is -2.18. The summed E-state index contributed by atoms with van der Waals surface area (Å²) in [5.74, 6) is -0.0423. The van der Waals surface area contributed by atoms with Gasteiger partial charge in [0.25, 0.3) is 0 Å². The minimum absolute atomic E-state index is 0.0180. The summed E-state index contributed by atoms with van der Waals surface area (Å²) in [7, 11) is 0. The van der Waals surface area contributed by atoms with Crippen LogP contribution in [0, 0.1) is 0 Å². The monoisotopic (exact) mass is 1330 g/mol. The molecule has 3 N–H and O–H groups in total. The average molecular weight is 1330 g/mol. The second-order valence-corrected chi connectivity index (χ2v) is 29.9. The highest BCUT2D eigenvalue weighted by atomic mass is 16.5. The van der Waals surface area contributed by atoms with Crippen LogP contribution in [-0.4, -0.2) is 47.4 Å². The predicted molar refractivity (Wildman–Crippen MR) is 421 cm³/mol. The van der Waals surface area contributed by atoms with E-state index < -0.39 is 12.1 Å². The number of esters is 1. The lowest BCUT2D eigenvalue weighted by atomic mass is 10.0. The number of unbranched alkanes of at least 4 members (excludes halogenated alkanes) is 65. The Balaban J connectivity index is 3.37. The molecule has 0 bridgehead atoms. The number of carbonyl (C=O) groups is 2. The quantitative estimate of drug-likeness (QED) is 0.0320. The van der Waals surface area contributed by atoms with Gasteiger partial charge in [0.2, 0.25) is 5.91 Å². The molecule has 95 heavy (non-hydrogen) atoms. The highest BCUT2D eigenvalue weighted by Gasteiger charge is 2.18. The molecule has 560 valence electrons. The molecule has 0 heterocycles. The van der Waals surface area contributed by atoms with Crippen molar-refractivity contribution < 1.29 is 24.5 Å². The molecular formula is C89H169NO5. The Kier molecular flexibility index (Phi) is 82.3. The van der Waals surface area contributed by atoms with Crippen molar-refractivity contribution in [3.63, 3.8) is 0 Å². The molecule has 0 aromatic carbocycles. The van der Waals surface area contributed by atoms with Crippen LogP contribution in [0.1, 0.15) is 483 Å². The zero-order valence-corrected chi connectivity index (χ0v) is 64.4. The number of ether oxygens (including phenoxy) is 1. The third-order valence-corrected chi connectivity index (χ3v) is 20.3. The number of aliphatic hydroxyl groups is 2. The highest BCUT2D eigenvalue weighted by molar-refractivity contribution is 5.76. The largest absolute Gasteiger partial charge is 0.466 e. The molecule has 0 saturated carbocycles. The molecule has 6 nitrogen and oxygen atoms in total. The Morgan fingerprint density at radius 3 is 0.811 bits per heavy atom. The number of rotatable bonds is 82. The van der Waals surface area contributed by atoms with Crippen LogP contribution in [0.15, 0.2) is 48.6 Å². The van der Waals surface area contributed by atoms with Crippen molar-refractivity contribution in [1.29, 1.82) is 0 Å². The van der Waals surface area contributed by atoms with E-state index in [2.05, 4.69) is 55.6 Å². The van der Waals surface area contributed by atoms with Crippen molar-refractivity contribution in [2.24, 2.45) is 0 Å². The molecule has 2 atom stereocenters. The van der Waals surface area contributed by atoms with E-state index in [1.807, 2.05) is 6.08 Å². The molecule has 0 aliphatic carbocycles. The topological polar surface area (TPSA) is 95.9 Å². The SMILES string of the molecule is CCCCCCCCC/C=C\CCCCCCCCCC(=O)OCCCCCCCCCCCCCCCCC/C=C\C/C=C\CCCCCCCCCCCCCCCCCCCC(=O)NC(CO)C(O)/C=C/CCCCCCCCCCCCCCCCCCCCC. The first-order valence-electron chi connectivity index (χ1n) is 43.4. The fraction of sp³-hybridized carbons (Fsp3) is 0.888. The van der Waals surface area contributed by atoms with Gasteiger partial charge in [0.1, 0.15) is 0 Å². The molecule has 0 aliphatic rings. The molecule has 0 aromatic rings. The van der Waals surface area contributed by atoms with Gasteiger partial charge in [-0.2, -0.15) is 0 Å². The van der Waals surface area contributed by atoms with Crippen LogP contribution in [0.2, 0.25) is 0 Å². The van der Waals surface area contributed by atoms with Crippen LogP contribution in [-0.2, 0) is 14.3 Å². The van der Waals surface area contributed by atoms with Gasteiger partial charge in [0.05, 0.1) is 25.4 Å². The van der Waals surface area contributed by atoms with Gasteiger partial charge in [-0.1, -0.05) is 428 Å². The van der Waals surface area contributed by atoms with Gasteiger partial charge < -0.3 is 20.3 Å². The summed E-state index contributed by atoms with van der Waals surface area (Å²) in [5.41, 5.74) is 0. The third-order valence-electron chi connectivity index (χ3n) is 20.3. The van der Waals surface area contributed by atoms with Crippen LogP contribution in [0.3, 0.4) is 0 Å². The van der Waals surface area contributed by atoms with Crippen LogP contribution in [0.25, 0.3) is 0 Å². The van der Waals surface area contributed by atoms with E-state index in [1.54, 1.807) is 6.08 Å². The second-order valence-electron chi connectivity index (χ2n) is 29.9. The molecule has 1 amide bonds. The summed E-state index contributed by atoms with van der Waals surface area (Å²) in [6, 6.07) is -0.627. The molecule has 0 radical (unpaired) electrons. The molecule has 2 unspecified atom stereocenters. The lowest BCUT2D eigenvalue weighted by Gasteiger charge is -2.20. The van der Waals surface area contributed by atoms with Crippen molar-refractivity contribution in [3.05, 3.63) is 48.6 Å². The number of aliphatic hydroxyl groups excluding tert-OH is 2. The number of nitrogens with one attached hydrogen (secondary N) is 1. The number of allylic oxidation sites excluding steroid dienone is 7. The Bertz CT molecular complexity index is 1590. The van der Waals surface area contributed by atoms with E-state index in [1.165, 1.54) is 405 Å². The Labute approximate surface area is 595 Å². The molecule has 0 spiro atoms. The summed E-state index contributed by atoms with van der Waals surface area (Å²) in [6.45, 7) is 4.95. The zero-order valence-electron chi connectivity index (χ0n) is 64.4. The molecule has 0 aliphatic heterocycles. The maximum atomic E-state index is 12.6. The van der Waals surface area contributed by atoms with E-state index >= 15 is 0 Å². The average Bonchev–Trinajstić information content (AvgIpc) is 2.99. The maximum Gasteiger partial charge on any atom is 0.305 e. The van der Waals surface area contributed by atoms with Crippen molar-refractivity contribution in [3.8, 4) is 0 Å². The van der Waals surface area contributed by atoms with Crippen molar-refractivity contribution >= 4 is 11.9 Å². The standard InChI is InChI=1S/C89H169NO5/c1-3-5-7-9-11-13-15-17-19-21-23-43-46-49-53-57-61-65-69-73-77-81-87(92)86(85-91)90-88(93)82-78-74-70-66-62-58-54-50-47-44-41-39-37-35-33-31-29-27-25-24-26-28-30-32-34-36-38-40-42-45-48-52-56-60-64-68-72-76-80-84-95-89(94)83-79-75-71-67-63-59-55-51-22-20-18-16-14-12-10-8-6-4-2/h20,22,24-25,28,30,77,81,86-87,91-92H,3-19,21,23,26-27,29,31-76,78-80,82-85H2,1-2H3,(H,90,93)/b22-20-,25-24-,30-28-,81-77+. The van der Waals surface area contributed by atoms with Crippen LogP contribution >= 0.6 is 0 Å². The first-order valence-corrected chi connectivity index (χ1v) is 43.4. The number of hydrogen-bond donors (Lipinski definition) is 3. The molecule has 6 heteroatoms. The van der Waals surface area contributed by atoms with Crippen molar-refractivity contribution in [2.75, 3.05) is 13.2 Å². The van der Waals surface area contributed by atoms with Crippen LogP contribution < -0.4 is 5.32 Å². The van der Waals surface area contributed by atoms with Gasteiger partial charge in [-0.15, -0.1) is 0 Å². The lowest BCUT2D eigenvalue weighted by molar-refractivity contribution is -0.143. The Morgan fingerprint density at radius 1 is 0.295 bits per heavy atom. The summed E-state index contributed by atoms with van der Waals surface area (Å²) in [5, 5.41) is 23.3. The number of carbonyl (C=O) groups excluding carboxylic acids is 2. The van der Waals surface area contributed by atoms with Gasteiger partial charge >= 0.3 is 5.97 Å². The first-order chi connectivity index (χ1) is 47.0. The van der Waals surface area contributed by atoms with E-state index in [4.69, 9.17) is 4.74 Å². The second kappa shape index (κ2) is 84.2. The lowest BCUT2D eigenvalue weighted by Crippen LogP contribution is -2.45. The van der Waals surface area contributed by atoms with Crippen LogP contribution in [0.4, 0.5) is 0 Å². The summed E-state index contributed by atoms with van der Waals surface area (Å²) < 4.78 is 5.52. The molecule has 0 aromatic heterocycles. The third kappa shape index (κ3) is 80.7. The van der Waals surface area contributed by atoms with Gasteiger partial charge in [0.15, 0.2) is 0 Å². The fourth-order valence-corrected chi connectivity index (χ4v) is 13.7. The van der Waals surface area contributed by atoms with Gasteiger partial charge in [-0.3, -0.25) is 9.59 Å². The predicted octanol–water partition coefficient (Wildman–Crippen LogP) is 29.1. The summed E-state index contributed by atoms with van der Waals surface area (Å²) in [6.07, 6.45) is 113. The van der Waals surface area contributed by atoms with E-state index in [-0.39, 0.29) is 18.5 Å². The van der Waals surface area contributed by atoms with E-state index in [9.17, 15) is 19.8 Å². The maximum absolute atomic E-state index is 12.6. The summed E-state index contributed by atoms with van der Waals surface area (Å²) in [4.78, 5) is 24.7. The van der Waals surface area contributed by atoms with E-state index in [0.717, 1.165) is 51.4 Å². The fourth-order valence-electron chi connectivity index (χ4n) is 13.7.